The molecule has 1 heterocycles. The molecule has 0 bridgehead atoms. The molecule has 0 aromatic rings. The molecule has 0 aliphatic carbocycles. The summed E-state index contributed by atoms with van der Waals surface area (Å²) in [4.78, 5) is 11.4. The normalized spacial score (nSPS) is 25.4. The van der Waals surface area contributed by atoms with Gasteiger partial charge in [0.05, 0.1) is 6.54 Å². The van der Waals surface area contributed by atoms with Gasteiger partial charge < -0.3 is 10.0 Å². The lowest BCUT2D eigenvalue weighted by Gasteiger charge is -2.27. The Balaban J connectivity index is 2.52. The van der Waals surface area contributed by atoms with Crippen LogP contribution in [-0.4, -0.2) is 35.4 Å². The van der Waals surface area contributed by atoms with Gasteiger partial charge in [-0.1, -0.05) is 6.58 Å². The molecule has 1 aliphatic heterocycles. The van der Waals surface area contributed by atoms with Gasteiger partial charge in [-0.25, -0.2) is 9.18 Å². The van der Waals surface area contributed by atoms with Gasteiger partial charge in [-0.2, -0.15) is 0 Å². The van der Waals surface area contributed by atoms with Crippen LogP contribution in [0.3, 0.4) is 0 Å². The van der Waals surface area contributed by atoms with E-state index in [1.165, 1.54) is 0 Å². The number of piperidine rings is 1. The van der Waals surface area contributed by atoms with Crippen molar-refractivity contribution in [1.82, 2.24) is 4.90 Å². The number of alkyl halides is 1. The van der Waals surface area contributed by atoms with Gasteiger partial charge in [0.2, 0.25) is 0 Å². The van der Waals surface area contributed by atoms with Crippen molar-refractivity contribution in [2.75, 3.05) is 13.1 Å². The van der Waals surface area contributed by atoms with Crippen molar-refractivity contribution in [3.05, 3.63) is 12.2 Å². The van der Waals surface area contributed by atoms with Gasteiger partial charge in [0.15, 0.2) is 0 Å². The predicted molar refractivity (Wildman–Crippen MR) is 38.3 cm³/mol. The second-order valence-electron chi connectivity index (χ2n) is 2.60. The molecule has 1 N–H and O–H groups in total. The maximum Gasteiger partial charge on any atom is 0.407 e. The van der Waals surface area contributed by atoms with Gasteiger partial charge in [0, 0.05) is 6.54 Å². The Hall–Kier alpha value is -1.06. The van der Waals surface area contributed by atoms with Crippen LogP contribution in [0.1, 0.15) is 6.42 Å². The fraction of sp³-hybridized carbons (Fsp3) is 0.571. The maximum atomic E-state index is 12.8. The number of rotatable bonds is 0. The Morgan fingerprint density at radius 2 is 2.45 bits per heavy atom. The third kappa shape index (κ3) is 1.69. The van der Waals surface area contributed by atoms with Crippen LogP contribution < -0.4 is 0 Å². The van der Waals surface area contributed by atoms with Gasteiger partial charge in [-0.15, -0.1) is 0 Å². The fourth-order valence-corrected chi connectivity index (χ4v) is 1.02. The molecular weight excluding hydrogens is 149 g/mol. The quantitative estimate of drug-likeness (QED) is 0.540. The molecule has 62 valence electrons. The number of hydrogen-bond donors (Lipinski definition) is 1. The first kappa shape index (κ1) is 8.04. The van der Waals surface area contributed by atoms with E-state index in [-0.39, 0.29) is 6.54 Å². The zero-order valence-corrected chi connectivity index (χ0v) is 6.09. The predicted octanol–water partition coefficient (Wildman–Crippen LogP) is 1.26. The minimum atomic E-state index is -1.18. The van der Waals surface area contributed by atoms with E-state index in [1.807, 2.05) is 0 Å². The average molecular weight is 159 g/mol. The van der Waals surface area contributed by atoms with Crippen LogP contribution in [0, 0.1) is 0 Å². The van der Waals surface area contributed by atoms with Crippen molar-refractivity contribution in [2.45, 2.75) is 12.6 Å². The smallest absolute Gasteiger partial charge is 0.407 e. The highest BCUT2D eigenvalue weighted by atomic mass is 19.1. The summed E-state index contributed by atoms with van der Waals surface area (Å²) in [5.74, 6) is 0. The maximum absolute atomic E-state index is 12.8. The van der Waals surface area contributed by atoms with Crippen molar-refractivity contribution in [1.29, 1.82) is 0 Å². The number of amides is 1. The Bertz CT molecular complexity index is 193. The molecule has 11 heavy (non-hydrogen) atoms. The summed E-state index contributed by atoms with van der Waals surface area (Å²) in [7, 11) is 0. The largest absolute Gasteiger partial charge is 0.465 e. The Labute approximate surface area is 64.1 Å². The minimum absolute atomic E-state index is 0.0613. The van der Waals surface area contributed by atoms with Gasteiger partial charge in [-0.3, -0.25) is 0 Å². The van der Waals surface area contributed by atoms with Crippen molar-refractivity contribution in [2.24, 2.45) is 0 Å². The zero-order valence-electron chi connectivity index (χ0n) is 6.09. The van der Waals surface area contributed by atoms with Crippen molar-refractivity contribution < 1.29 is 14.3 Å². The molecule has 3 nitrogen and oxygen atoms in total. The minimum Gasteiger partial charge on any atom is -0.465 e. The van der Waals surface area contributed by atoms with E-state index in [0.717, 1.165) is 4.90 Å². The molecule has 0 spiro atoms. The van der Waals surface area contributed by atoms with E-state index in [0.29, 0.717) is 18.5 Å². The first-order chi connectivity index (χ1) is 5.11. The van der Waals surface area contributed by atoms with E-state index in [4.69, 9.17) is 5.11 Å². The molecular formula is C7H10FNO2. The molecule has 1 aliphatic rings. The molecule has 1 unspecified atom stereocenters. The number of hydrogen-bond acceptors (Lipinski definition) is 1. The second-order valence-corrected chi connectivity index (χ2v) is 2.60. The van der Waals surface area contributed by atoms with Crippen LogP contribution in [0.5, 0.6) is 0 Å². The molecule has 1 fully saturated rings. The number of halogens is 1. The molecule has 1 atom stereocenters. The molecule has 1 amide bonds. The SMILES string of the molecule is C=C1CCN(C(=O)O)CC1F. The van der Waals surface area contributed by atoms with Gasteiger partial charge in [-0.05, 0) is 12.0 Å². The monoisotopic (exact) mass is 159 g/mol. The highest BCUT2D eigenvalue weighted by Gasteiger charge is 2.24. The molecule has 0 aromatic carbocycles. The van der Waals surface area contributed by atoms with Gasteiger partial charge in [0.1, 0.15) is 6.17 Å². The van der Waals surface area contributed by atoms with Crippen LogP contribution in [0.15, 0.2) is 12.2 Å². The molecule has 0 radical (unpaired) electrons. The van der Waals surface area contributed by atoms with E-state index in [9.17, 15) is 9.18 Å². The van der Waals surface area contributed by atoms with E-state index < -0.39 is 12.3 Å². The molecule has 0 aromatic heterocycles. The summed E-state index contributed by atoms with van der Waals surface area (Å²) in [6, 6.07) is 0. The number of likely N-dealkylation sites (tertiary alicyclic amines) is 1. The molecule has 1 rings (SSSR count). The zero-order chi connectivity index (χ0) is 8.43. The highest BCUT2D eigenvalue weighted by Crippen LogP contribution is 2.17. The van der Waals surface area contributed by atoms with Crippen LogP contribution in [0.4, 0.5) is 9.18 Å². The first-order valence-corrected chi connectivity index (χ1v) is 3.41. The van der Waals surface area contributed by atoms with E-state index in [1.54, 1.807) is 0 Å². The van der Waals surface area contributed by atoms with Gasteiger partial charge in [0.25, 0.3) is 0 Å². The van der Waals surface area contributed by atoms with Crippen LogP contribution in [0.25, 0.3) is 0 Å². The van der Waals surface area contributed by atoms with Crippen molar-refractivity contribution in [3.63, 3.8) is 0 Å². The number of nitrogens with zero attached hydrogens (tertiary/aromatic N) is 1. The van der Waals surface area contributed by atoms with E-state index >= 15 is 0 Å². The topological polar surface area (TPSA) is 40.5 Å². The van der Waals surface area contributed by atoms with E-state index in [2.05, 4.69) is 6.58 Å². The number of carbonyl (C=O) groups is 1. The van der Waals surface area contributed by atoms with Crippen molar-refractivity contribution in [3.8, 4) is 0 Å². The summed E-state index contributed by atoms with van der Waals surface area (Å²) < 4.78 is 12.8. The summed E-state index contributed by atoms with van der Waals surface area (Å²) in [5.41, 5.74) is 0.502. The van der Waals surface area contributed by atoms with Crippen LogP contribution in [0.2, 0.25) is 0 Å². The Kier molecular flexibility index (Phi) is 2.12. The third-order valence-corrected chi connectivity index (χ3v) is 1.80. The third-order valence-electron chi connectivity index (χ3n) is 1.80. The van der Waals surface area contributed by atoms with Crippen molar-refractivity contribution >= 4 is 6.09 Å². The lowest BCUT2D eigenvalue weighted by Crippen LogP contribution is -2.40. The van der Waals surface area contributed by atoms with Crippen LogP contribution >= 0.6 is 0 Å². The highest BCUT2D eigenvalue weighted by molar-refractivity contribution is 5.65. The second kappa shape index (κ2) is 2.90. The molecule has 1 saturated heterocycles. The summed E-state index contributed by atoms with van der Waals surface area (Å²) in [6.07, 6.45) is -1.80. The standard InChI is InChI=1S/C7H10FNO2/c1-5-2-3-9(7(10)11)4-6(5)8/h6H,1-4H2,(H,10,11). The Morgan fingerprint density at radius 1 is 1.82 bits per heavy atom. The van der Waals surface area contributed by atoms with Gasteiger partial charge >= 0.3 is 6.09 Å². The van der Waals surface area contributed by atoms with Crippen LogP contribution in [-0.2, 0) is 0 Å². The molecule has 4 heteroatoms. The first-order valence-electron chi connectivity index (χ1n) is 3.41. The Morgan fingerprint density at radius 3 is 2.91 bits per heavy atom. The summed E-state index contributed by atoms with van der Waals surface area (Å²) in [6.45, 7) is 3.80. The number of carboxylic acid groups (broad SMARTS) is 1. The summed E-state index contributed by atoms with van der Waals surface area (Å²) >= 11 is 0. The lowest BCUT2D eigenvalue weighted by atomic mass is 10.1. The average Bonchev–Trinajstić information content (AvgIpc) is 1.94. The lowest BCUT2D eigenvalue weighted by molar-refractivity contribution is 0.124. The summed E-state index contributed by atoms with van der Waals surface area (Å²) in [5, 5.41) is 8.47. The molecule has 0 saturated carbocycles. The fourth-order valence-electron chi connectivity index (χ4n) is 1.02.